The van der Waals surface area contributed by atoms with E-state index in [1.54, 1.807) is 7.05 Å². The minimum absolute atomic E-state index is 0.0164. The van der Waals surface area contributed by atoms with Gasteiger partial charge in [0.05, 0.1) is 17.0 Å². The Balaban J connectivity index is 1.96. The molecule has 0 bridgehead atoms. The van der Waals surface area contributed by atoms with Gasteiger partial charge in [-0.05, 0) is 36.5 Å². The number of ether oxygens (including phenoxy) is 1. The van der Waals surface area contributed by atoms with Gasteiger partial charge < -0.3 is 9.64 Å². The van der Waals surface area contributed by atoms with E-state index < -0.39 is 15.4 Å². The zero-order chi connectivity index (χ0) is 18.2. The summed E-state index contributed by atoms with van der Waals surface area (Å²) in [4.78, 5) is 13.9. The summed E-state index contributed by atoms with van der Waals surface area (Å²) in [6.07, 6.45) is 0.470. The Labute approximate surface area is 144 Å². The van der Waals surface area contributed by atoms with Crippen molar-refractivity contribution in [2.24, 2.45) is 0 Å². The maximum absolute atomic E-state index is 12.4. The number of hydrogen-bond acceptors (Lipinski definition) is 4. The number of nitrogens with zero attached hydrogens (tertiary/aromatic N) is 1. The SMILES string of the molecule is CN(C(=O)COc1ccc(C(C)(C)C)cc1)C1(C)CCS(=O)(=O)C1. The fraction of sp³-hybridized carbons (Fsp3) is 0.611. The molecule has 0 aromatic heterocycles. The Bertz CT molecular complexity index is 704. The monoisotopic (exact) mass is 353 g/mol. The number of sulfone groups is 1. The van der Waals surface area contributed by atoms with Crippen molar-refractivity contribution in [3.63, 3.8) is 0 Å². The summed E-state index contributed by atoms with van der Waals surface area (Å²) in [5.41, 5.74) is 0.619. The second-order valence-electron chi connectivity index (χ2n) is 7.85. The fourth-order valence-electron chi connectivity index (χ4n) is 2.85. The summed E-state index contributed by atoms with van der Waals surface area (Å²) in [5.74, 6) is 0.571. The van der Waals surface area contributed by atoms with E-state index in [2.05, 4.69) is 20.8 Å². The lowest BCUT2D eigenvalue weighted by atomic mass is 9.87. The van der Waals surface area contributed by atoms with Crippen LogP contribution in [0.25, 0.3) is 0 Å². The molecule has 0 saturated carbocycles. The minimum Gasteiger partial charge on any atom is -0.484 e. The zero-order valence-corrected chi connectivity index (χ0v) is 15.9. The number of carbonyl (C=O) groups excluding carboxylic acids is 1. The predicted octanol–water partition coefficient (Wildman–Crippen LogP) is 2.40. The summed E-state index contributed by atoms with van der Waals surface area (Å²) < 4.78 is 29.0. The summed E-state index contributed by atoms with van der Waals surface area (Å²) in [5, 5.41) is 0. The van der Waals surface area contributed by atoms with Crippen LogP contribution in [-0.2, 0) is 20.0 Å². The summed E-state index contributed by atoms with van der Waals surface area (Å²) in [6, 6.07) is 7.70. The molecule has 0 N–H and O–H groups in total. The molecule has 1 aliphatic rings. The summed E-state index contributed by atoms with van der Waals surface area (Å²) in [7, 11) is -1.41. The van der Waals surface area contributed by atoms with Crippen LogP contribution >= 0.6 is 0 Å². The largest absolute Gasteiger partial charge is 0.484 e. The van der Waals surface area contributed by atoms with Crippen LogP contribution in [0.1, 0.15) is 39.7 Å². The molecule has 1 aromatic carbocycles. The number of amides is 1. The summed E-state index contributed by atoms with van der Waals surface area (Å²) in [6.45, 7) is 8.13. The van der Waals surface area contributed by atoms with Gasteiger partial charge in [0, 0.05) is 7.05 Å². The van der Waals surface area contributed by atoms with E-state index >= 15 is 0 Å². The topological polar surface area (TPSA) is 63.7 Å². The zero-order valence-electron chi connectivity index (χ0n) is 15.1. The highest BCUT2D eigenvalue weighted by molar-refractivity contribution is 7.91. The molecule has 24 heavy (non-hydrogen) atoms. The van der Waals surface area contributed by atoms with Crippen molar-refractivity contribution in [1.29, 1.82) is 0 Å². The molecule has 1 fully saturated rings. The predicted molar refractivity (Wildman–Crippen MR) is 95.1 cm³/mol. The highest BCUT2D eigenvalue weighted by atomic mass is 32.2. The second kappa shape index (κ2) is 6.39. The Hall–Kier alpha value is -1.56. The quantitative estimate of drug-likeness (QED) is 0.834. The highest BCUT2D eigenvalue weighted by Crippen LogP contribution is 2.29. The van der Waals surface area contributed by atoms with Crippen molar-refractivity contribution >= 4 is 15.7 Å². The number of likely N-dealkylation sites (N-methyl/N-ethyl adjacent to an activating group) is 1. The molecule has 1 saturated heterocycles. The third kappa shape index (κ3) is 4.29. The van der Waals surface area contributed by atoms with Crippen LogP contribution in [0.4, 0.5) is 0 Å². The molecule has 5 nitrogen and oxygen atoms in total. The molecule has 2 rings (SSSR count). The number of carbonyl (C=O) groups is 1. The van der Waals surface area contributed by atoms with Crippen LogP contribution in [0.15, 0.2) is 24.3 Å². The third-order valence-corrected chi connectivity index (χ3v) is 6.64. The van der Waals surface area contributed by atoms with E-state index in [-0.39, 0.29) is 29.4 Å². The van der Waals surface area contributed by atoms with E-state index in [0.717, 1.165) is 0 Å². The normalized spacial score (nSPS) is 23.0. The van der Waals surface area contributed by atoms with Crippen molar-refractivity contribution in [3.05, 3.63) is 29.8 Å². The molecule has 1 aromatic rings. The van der Waals surface area contributed by atoms with Crippen LogP contribution in [-0.4, -0.2) is 49.9 Å². The Morgan fingerprint density at radius 3 is 2.29 bits per heavy atom. The maximum atomic E-state index is 12.4. The molecule has 1 heterocycles. The second-order valence-corrected chi connectivity index (χ2v) is 10.0. The van der Waals surface area contributed by atoms with E-state index in [0.29, 0.717) is 12.2 Å². The van der Waals surface area contributed by atoms with E-state index in [4.69, 9.17) is 4.74 Å². The molecule has 6 heteroatoms. The number of rotatable bonds is 4. The van der Waals surface area contributed by atoms with Crippen LogP contribution in [0.5, 0.6) is 5.75 Å². The van der Waals surface area contributed by atoms with Gasteiger partial charge in [0.1, 0.15) is 5.75 Å². The molecule has 1 aliphatic heterocycles. The van der Waals surface area contributed by atoms with Gasteiger partial charge in [0.25, 0.3) is 5.91 Å². The molecule has 1 amide bonds. The summed E-state index contributed by atoms with van der Waals surface area (Å²) >= 11 is 0. The first-order valence-electron chi connectivity index (χ1n) is 8.13. The van der Waals surface area contributed by atoms with Crippen molar-refractivity contribution in [2.75, 3.05) is 25.2 Å². The molecule has 0 radical (unpaired) electrons. The first-order valence-corrected chi connectivity index (χ1v) is 9.96. The minimum atomic E-state index is -3.05. The first-order chi connectivity index (χ1) is 10.9. The molecular formula is C18H27NO4S. The lowest BCUT2D eigenvalue weighted by Crippen LogP contribution is -2.49. The lowest BCUT2D eigenvalue weighted by Gasteiger charge is -2.34. The van der Waals surface area contributed by atoms with Gasteiger partial charge in [0.15, 0.2) is 16.4 Å². The van der Waals surface area contributed by atoms with Gasteiger partial charge in [-0.15, -0.1) is 0 Å². The first kappa shape index (κ1) is 18.8. The highest BCUT2D eigenvalue weighted by Gasteiger charge is 2.43. The Morgan fingerprint density at radius 1 is 1.25 bits per heavy atom. The molecule has 1 atom stereocenters. The number of benzene rings is 1. The number of hydrogen-bond donors (Lipinski definition) is 0. The van der Waals surface area contributed by atoms with Gasteiger partial charge in [-0.2, -0.15) is 0 Å². The van der Waals surface area contributed by atoms with E-state index in [9.17, 15) is 13.2 Å². The van der Waals surface area contributed by atoms with E-state index in [1.807, 2.05) is 31.2 Å². The molecule has 0 aliphatic carbocycles. The van der Waals surface area contributed by atoms with Crippen molar-refractivity contribution in [2.45, 2.75) is 45.1 Å². The van der Waals surface area contributed by atoms with Crippen LogP contribution in [0, 0.1) is 0 Å². The Morgan fingerprint density at radius 2 is 1.83 bits per heavy atom. The Kier molecular flexibility index (Phi) is 5.00. The molecule has 0 spiro atoms. The standard InChI is InChI=1S/C18H27NO4S/c1-17(2,3)14-6-8-15(9-7-14)23-12-16(20)19(5)18(4)10-11-24(21,22)13-18/h6-9H,10-13H2,1-5H3. The smallest absolute Gasteiger partial charge is 0.260 e. The van der Waals surface area contributed by atoms with Gasteiger partial charge in [-0.3, -0.25) is 4.79 Å². The van der Waals surface area contributed by atoms with E-state index in [1.165, 1.54) is 10.5 Å². The van der Waals surface area contributed by atoms with Crippen molar-refractivity contribution in [3.8, 4) is 5.75 Å². The average molecular weight is 353 g/mol. The van der Waals surface area contributed by atoms with Crippen LogP contribution in [0.3, 0.4) is 0 Å². The fourth-order valence-corrected chi connectivity index (χ4v) is 5.03. The third-order valence-electron chi connectivity index (χ3n) is 4.75. The molecular weight excluding hydrogens is 326 g/mol. The van der Waals surface area contributed by atoms with Gasteiger partial charge >= 0.3 is 0 Å². The maximum Gasteiger partial charge on any atom is 0.260 e. The van der Waals surface area contributed by atoms with Gasteiger partial charge in [0.2, 0.25) is 0 Å². The van der Waals surface area contributed by atoms with Gasteiger partial charge in [-0.1, -0.05) is 32.9 Å². The average Bonchev–Trinajstić information content (AvgIpc) is 2.78. The van der Waals surface area contributed by atoms with Crippen LogP contribution < -0.4 is 4.74 Å². The van der Waals surface area contributed by atoms with Crippen molar-refractivity contribution < 1.29 is 17.9 Å². The van der Waals surface area contributed by atoms with Crippen molar-refractivity contribution in [1.82, 2.24) is 4.90 Å². The van der Waals surface area contributed by atoms with Crippen LogP contribution in [0.2, 0.25) is 0 Å². The van der Waals surface area contributed by atoms with Gasteiger partial charge in [-0.25, -0.2) is 8.42 Å². The molecule has 1 unspecified atom stereocenters. The lowest BCUT2D eigenvalue weighted by molar-refractivity contribution is -0.136. The molecule has 134 valence electrons.